The molecule has 2 aliphatic carbocycles. The molecule has 2 heteroatoms. The number of carbonyl (C=O) groups excluding carboxylic acids is 1. The third-order valence-corrected chi connectivity index (χ3v) is 5.79. The Morgan fingerprint density at radius 2 is 1.95 bits per heavy atom. The Morgan fingerprint density at radius 1 is 1.20 bits per heavy atom. The first kappa shape index (κ1) is 13.9. The SMILES string of the molecule is Cc1cc(/C(C=O)=C\C2CCCC2)ccc1SC1CC1. The summed E-state index contributed by atoms with van der Waals surface area (Å²) in [5, 5.41) is 0.833. The highest BCUT2D eigenvalue weighted by Crippen LogP contribution is 2.40. The van der Waals surface area contributed by atoms with E-state index in [4.69, 9.17) is 0 Å². The minimum atomic E-state index is 0.607. The molecule has 20 heavy (non-hydrogen) atoms. The lowest BCUT2D eigenvalue weighted by Crippen LogP contribution is -1.94. The maximum atomic E-state index is 11.4. The lowest BCUT2D eigenvalue weighted by Gasteiger charge is -2.09. The molecule has 0 saturated heterocycles. The molecule has 0 atom stereocenters. The average molecular weight is 286 g/mol. The summed E-state index contributed by atoms with van der Waals surface area (Å²) in [6, 6.07) is 6.49. The van der Waals surface area contributed by atoms with E-state index in [1.54, 1.807) is 0 Å². The Balaban J connectivity index is 1.80. The van der Waals surface area contributed by atoms with Crippen LogP contribution >= 0.6 is 11.8 Å². The number of benzene rings is 1. The molecule has 0 spiro atoms. The summed E-state index contributed by atoms with van der Waals surface area (Å²) < 4.78 is 0. The first-order valence-electron chi connectivity index (χ1n) is 7.71. The summed E-state index contributed by atoms with van der Waals surface area (Å²) in [5.74, 6) is 0.607. The smallest absolute Gasteiger partial charge is 0.150 e. The highest BCUT2D eigenvalue weighted by molar-refractivity contribution is 8.00. The average Bonchev–Trinajstić information content (AvgIpc) is 3.12. The summed E-state index contributed by atoms with van der Waals surface area (Å²) in [6.07, 6.45) is 11.0. The van der Waals surface area contributed by atoms with Gasteiger partial charge in [-0.25, -0.2) is 0 Å². The van der Waals surface area contributed by atoms with Crippen molar-refractivity contribution in [2.75, 3.05) is 0 Å². The van der Waals surface area contributed by atoms with Gasteiger partial charge in [-0.05, 0) is 55.7 Å². The lowest BCUT2D eigenvalue weighted by atomic mass is 9.98. The summed E-state index contributed by atoms with van der Waals surface area (Å²) in [5.41, 5.74) is 3.27. The van der Waals surface area contributed by atoms with Crippen molar-refractivity contribution in [2.24, 2.45) is 5.92 Å². The van der Waals surface area contributed by atoms with E-state index in [-0.39, 0.29) is 0 Å². The van der Waals surface area contributed by atoms with Crippen molar-refractivity contribution in [3.05, 3.63) is 35.4 Å². The van der Waals surface area contributed by atoms with Crippen LogP contribution in [0.2, 0.25) is 0 Å². The molecule has 0 N–H and O–H groups in total. The lowest BCUT2D eigenvalue weighted by molar-refractivity contribution is -0.103. The third kappa shape index (κ3) is 3.35. The number of allylic oxidation sites excluding steroid dienone is 2. The summed E-state index contributed by atoms with van der Waals surface area (Å²) in [7, 11) is 0. The first-order chi connectivity index (χ1) is 9.76. The van der Waals surface area contributed by atoms with Gasteiger partial charge in [0.2, 0.25) is 0 Å². The maximum Gasteiger partial charge on any atom is 0.150 e. The largest absolute Gasteiger partial charge is 0.298 e. The van der Waals surface area contributed by atoms with Crippen molar-refractivity contribution in [1.29, 1.82) is 0 Å². The Kier molecular flexibility index (Phi) is 4.30. The van der Waals surface area contributed by atoms with Crippen LogP contribution in [0.15, 0.2) is 29.2 Å². The Bertz CT molecular complexity index is 522. The molecule has 3 rings (SSSR count). The predicted molar refractivity (Wildman–Crippen MR) is 86.1 cm³/mol. The van der Waals surface area contributed by atoms with Gasteiger partial charge in [-0.1, -0.05) is 31.1 Å². The summed E-state index contributed by atoms with van der Waals surface area (Å²) in [4.78, 5) is 12.8. The van der Waals surface area contributed by atoms with Crippen molar-refractivity contribution in [3.8, 4) is 0 Å². The van der Waals surface area contributed by atoms with Gasteiger partial charge >= 0.3 is 0 Å². The van der Waals surface area contributed by atoms with E-state index in [2.05, 4.69) is 31.2 Å². The van der Waals surface area contributed by atoms with E-state index in [9.17, 15) is 4.79 Å². The molecule has 1 aromatic carbocycles. The van der Waals surface area contributed by atoms with E-state index in [0.717, 1.165) is 22.7 Å². The molecule has 0 amide bonds. The normalized spacial score (nSPS) is 20.4. The second-order valence-corrected chi connectivity index (χ2v) is 7.42. The second-order valence-electron chi connectivity index (χ2n) is 6.08. The van der Waals surface area contributed by atoms with E-state index < -0.39 is 0 Å². The molecule has 0 heterocycles. The van der Waals surface area contributed by atoms with Crippen LogP contribution in [0.1, 0.15) is 49.7 Å². The van der Waals surface area contributed by atoms with Gasteiger partial charge in [0.1, 0.15) is 6.29 Å². The fraction of sp³-hybridized carbons (Fsp3) is 0.500. The van der Waals surface area contributed by atoms with Crippen molar-refractivity contribution in [2.45, 2.75) is 55.6 Å². The number of thioether (sulfide) groups is 1. The molecule has 106 valence electrons. The van der Waals surface area contributed by atoms with Gasteiger partial charge in [-0.3, -0.25) is 4.79 Å². The topological polar surface area (TPSA) is 17.1 Å². The Morgan fingerprint density at radius 3 is 2.55 bits per heavy atom. The van der Waals surface area contributed by atoms with Crippen molar-refractivity contribution >= 4 is 23.6 Å². The molecular formula is C18H22OS. The molecule has 0 aliphatic heterocycles. The van der Waals surface area contributed by atoms with Gasteiger partial charge in [0.15, 0.2) is 0 Å². The number of rotatable bonds is 5. The van der Waals surface area contributed by atoms with Gasteiger partial charge in [-0.15, -0.1) is 11.8 Å². The highest BCUT2D eigenvalue weighted by atomic mass is 32.2. The Labute approximate surface area is 125 Å². The Hall–Kier alpha value is -1.02. The minimum absolute atomic E-state index is 0.607. The monoisotopic (exact) mass is 286 g/mol. The first-order valence-corrected chi connectivity index (χ1v) is 8.59. The fourth-order valence-corrected chi connectivity index (χ4v) is 4.03. The molecule has 2 fully saturated rings. The van der Waals surface area contributed by atoms with E-state index in [1.165, 1.54) is 49.0 Å². The molecule has 1 nitrogen and oxygen atoms in total. The number of hydrogen-bond donors (Lipinski definition) is 0. The predicted octanol–water partition coefficient (Wildman–Crippen LogP) is 5.02. The standard InChI is InChI=1S/C18H22OS/c1-13-10-15(6-9-18(13)20-17-7-8-17)16(12-19)11-14-4-2-3-5-14/h6,9-12,14,17H,2-5,7-8H2,1H3/b16-11-. The summed E-state index contributed by atoms with van der Waals surface area (Å²) in [6.45, 7) is 2.16. The van der Waals surface area contributed by atoms with Gasteiger partial charge < -0.3 is 0 Å². The number of carbonyl (C=O) groups is 1. The van der Waals surface area contributed by atoms with Crippen LogP contribution in [0.25, 0.3) is 5.57 Å². The zero-order chi connectivity index (χ0) is 13.9. The van der Waals surface area contributed by atoms with Crippen LogP contribution in [0.4, 0.5) is 0 Å². The minimum Gasteiger partial charge on any atom is -0.298 e. The molecule has 0 radical (unpaired) electrons. The second kappa shape index (κ2) is 6.17. The van der Waals surface area contributed by atoms with Crippen LogP contribution in [-0.2, 0) is 4.79 Å². The number of aldehydes is 1. The van der Waals surface area contributed by atoms with Crippen LogP contribution in [-0.4, -0.2) is 11.5 Å². The zero-order valence-electron chi connectivity index (χ0n) is 12.1. The maximum absolute atomic E-state index is 11.4. The van der Waals surface area contributed by atoms with Gasteiger partial charge in [-0.2, -0.15) is 0 Å². The highest BCUT2D eigenvalue weighted by Gasteiger charge is 2.23. The van der Waals surface area contributed by atoms with Gasteiger partial charge in [0, 0.05) is 15.7 Å². The number of aryl methyl sites for hydroxylation is 1. The molecule has 0 unspecified atom stereocenters. The van der Waals surface area contributed by atoms with Gasteiger partial charge in [0.05, 0.1) is 0 Å². The molecular weight excluding hydrogens is 264 g/mol. The molecule has 0 bridgehead atoms. The molecule has 0 aromatic heterocycles. The van der Waals surface area contributed by atoms with Crippen molar-refractivity contribution < 1.29 is 4.79 Å². The van der Waals surface area contributed by atoms with Crippen LogP contribution in [0.3, 0.4) is 0 Å². The number of hydrogen-bond acceptors (Lipinski definition) is 2. The van der Waals surface area contributed by atoms with Crippen LogP contribution in [0.5, 0.6) is 0 Å². The molecule has 2 aliphatic rings. The van der Waals surface area contributed by atoms with E-state index >= 15 is 0 Å². The third-order valence-electron chi connectivity index (χ3n) is 4.27. The quantitative estimate of drug-likeness (QED) is 0.558. The van der Waals surface area contributed by atoms with E-state index in [0.29, 0.717) is 5.92 Å². The fourth-order valence-electron chi connectivity index (χ4n) is 2.91. The van der Waals surface area contributed by atoms with Crippen molar-refractivity contribution in [3.63, 3.8) is 0 Å². The van der Waals surface area contributed by atoms with E-state index in [1.807, 2.05) is 11.8 Å². The summed E-state index contributed by atoms with van der Waals surface area (Å²) >= 11 is 1.99. The van der Waals surface area contributed by atoms with Crippen molar-refractivity contribution in [1.82, 2.24) is 0 Å². The van der Waals surface area contributed by atoms with Gasteiger partial charge in [0.25, 0.3) is 0 Å². The molecule has 1 aromatic rings. The van der Waals surface area contributed by atoms with Crippen LogP contribution in [0, 0.1) is 12.8 Å². The zero-order valence-corrected chi connectivity index (χ0v) is 12.9. The molecule has 2 saturated carbocycles. The van der Waals surface area contributed by atoms with Crippen LogP contribution < -0.4 is 0 Å².